The molecule has 17 heavy (non-hydrogen) atoms. The molecule has 1 rings (SSSR count). The molecule has 0 saturated heterocycles. The van der Waals surface area contributed by atoms with Gasteiger partial charge in [0.05, 0.1) is 0 Å². The van der Waals surface area contributed by atoms with Crippen LogP contribution in [0.5, 0.6) is 0 Å². The van der Waals surface area contributed by atoms with Gasteiger partial charge in [0, 0.05) is 43.9 Å². The second kappa shape index (κ2) is 9.57. The molecular formula is C13H24N2OS. The summed E-state index contributed by atoms with van der Waals surface area (Å²) in [5.74, 6) is 2.18. The maximum absolute atomic E-state index is 8.64. The summed E-state index contributed by atoms with van der Waals surface area (Å²) in [5.41, 5.74) is 1.37. The van der Waals surface area contributed by atoms with E-state index in [2.05, 4.69) is 35.1 Å². The van der Waals surface area contributed by atoms with Gasteiger partial charge in [-0.1, -0.05) is 6.92 Å². The molecule has 0 atom stereocenters. The highest BCUT2D eigenvalue weighted by molar-refractivity contribution is 7.99. The minimum Gasteiger partial charge on any atom is -0.396 e. The number of aromatic nitrogens is 1. The third-order valence-electron chi connectivity index (χ3n) is 2.56. The minimum atomic E-state index is 0.310. The molecule has 1 aromatic rings. The monoisotopic (exact) mass is 256 g/mol. The van der Waals surface area contributed by atoms with Crippen molar-refractivity contribution >= 4 is 11.8 Å². The predicted molar refractivity (Wildman–Crippen MR) is 75.5 cm³/mol. The zero-order valence-electron chi connectivity index (χ0n) is 10.7. The molecular weight excluding hydrogens is 232 g/mol. The van der Waals surface area contributed by atoms with Crippen LogP contribution in [0.4, 0.5) is 0 Å². The summed E-state index contributed by atoms with van der Waals surface area (Å²) in [5, 5.41) is 12.1. The molecule has 0 bridgehead atoms. The molecule has 98 valence electrons. The van der Waals surface area contributed by atoms with Gasteiger partial charge in [-0.2, -0.15) is 11.8 Å². The number of hydrogen-bond acceptors (Lipinski definition) is 3. The third kappa shape index (κ3) is 6.15. The fourth-order valence-corrected chi connectivity index (χ4v) is 2.52. The Hall–Kier alpha value is -0.450. The second-order valence-corrected chi connectivity index (χ2v) is 5.28. The van der Waals surface area contributed by atoms with Crippen LogP contribution in [0.2, 0.25) is 0 Å². The number of nitrogens with one attached hydrogen (secondary N) is 1. The van der Waals surface area contributed by atoms with Crippen LogP contribution in [0.3, 0.4) is 0 Å². The third-order valence-corrected chi connectivity index (χ3v) is 3.63. The summed E-state index contributed by atoms with van der Waals surface area (Å²) < 4.78 is 2.31. The first-order chi connectivity index (χ1) is 8.38. The number of aryl methyl sites for hydroxylation is 1. The van der Waals surface area contributed by atoms with Gasteiger partial charge in [0.2, 0.25) is 0 Å². The van der Waals surface area contributed by atoms with Gasteiger partial charge in [-0.15, -0.1) is 0 Å². The Kier molecular flexibility index (Phi) is 8.22. The summed E-state index contributed by atoms with van der Waals surface area (Å²) in [4.78, 5) is 0. The van der Waals surface area contributed by atoms with E-state index >= 15 is 0 Å². The van der Waals surface area contributed by atoms with Crippen molar-refractivity contribution in [2.45, 2.75) is 32.9 Å². The van der Waals surface area contributed by atoms with Gasteiger partial charge in [-0.25, -0.2) is 0 Å². The number of nitrogens with zero attached hydrogens (tertiary/aromatic N) is 1. The Balaban J connectivity index is 2.07. The van der Waals surface area contributed by atoms with Crippen molar-refractivity contribution in [1.29, 1.82) is 0 Å². The highest BCUT2D eigenvalue weighted by Gasteiger charge is 1.98. The lowest BCUT2D eigenvalue weighted by atomic mass is 10.4. The number of aliphatic hydroxyl groups excluding tert-OH is 1. The fourth-order valence-electron chi connectivity index (χ4n) is 1.70. The van der Waals surface area contributed by atoms with E-state index in [1.54, 1.807) is 0 Å². The zero-order valence-corrected chi connectivity index (χ0v) is 11.5. The molecule has 0 unspecified atom stereocenters. The van der Waals surface area contributed by atoms with Gasteiger partial charge < -0.3 is 15.0 Å². The lowest BCUT2D eigenvalue weighted by Gasteiger charge is -2.09. The molecule has 0 amide bonds. The highest BCUT2D eigenvalue weighted by atomic mass is 32.2. The van der Waals surface area contributed by atoms with Crippen molar-refractivity contribution in [3.8, 4) is 0 Å². The molecule has 0 saturated carbocycles. The van der Waals surface area contributed by atoms with Crippen LogP contribution in [0.1, 0.15) is 25.5 Å². The molecule has 0 aromatic carbocycles. The van der Waals surface area contributed by atoms with E-state index < -0.39 is 0 Å². The SMILES string of the molecule is CCCn1cccc1CNCCSCCCO. The van der Waals surface area contributed by atoms with Crippen molar-refractivity contribution in [3.63, 3.8) is 0 Å². The largest absolute Gasteiger partial charge is 0.396 e. The normalized spacial score (nSPS) is 10.9. The summed E-state index contributed by atoms with van der Waals surface area (Å²) in [7, 11) is 0. The van der Waals surface area contributed by atoms with E-state index in [1.807, 2.05) is 11.8 Å². The Labute approximate surface area is 109 Å². The van der Waals surface area contributed by atoms with Crippen molar-refractivity contribution in [1.82, 2.24) is 9.88 Å². The van der Waals surface area contributed by atoms with E-state index in [1.165, 1.54) is 12.1 Å². The number of thioether (sulfide) groups is 1. The van der Waals surface area contributed by atoms with Gasteiger partial charge in [0.1, 0.15) is 0 Å². The van der Waals surface area contributed by atoms with E-state index in [0.717, 1.165) is 37.6 Å². The number of aliphatic hydroxyl groups is 1. The second-order valence-electron chi connectivity index (χ2n) is 4.06. The van der Waals surface area contributed by atoms with Gasteiger partial charge in [-0.3, -0.25) is 0 Å². The van der Waals surface area contributed by atoms with Crippen LogP contribution in [-0.2, 0) is 13.1 Å². The Morgan fingerprint density at radius 1 is 1.41 bits per heavy atom. The van der Waals surface area contributed by atoms with E-state index in [4.69, 9.17) is 5.11 Å². The van der Waals surface area contributed by atoms with Crippen molar-refractivity contribution in [2.24, 2.45) is 0 Å². The molecule has 0 radical (unpaired) electrons. The van der Waals surface area contributed by atoms with E-state index in [-0.39, 0.29) is 0 Å². The summed E-state index contributed by atoms with van der Waals surface area (Å²) in [6.07, 6.45) is 4.24. The molecule has 0 spiro atoms. The topological polar surface area (TPSA) is 37.2 Å². The summed E-state index contributed by atoms with van der Waals surface area (Å²) in [6, 6.07) is 4.30. The lowest BCUT2D eigenvalue weighted by Crippen LogP contribution is -2.19. The van der Waals surface area contributed by atoms with Crippen molar-refractivity contribution in [3.05, 3.63) is 24.0 Å². The standard InChI is InChI=1S/C13H24N2OS/c1-2-7-15-8-3-5-13(15)12-14-6-11-17-10-4-9-16/h3,5,8,14,16H,2,4,6-7,9-12H2,1H3. The smallest absolute Gasteiger partial charge is 0.0438 e. The molecule has 1 heterocycles. The Morgan fingerprint density at radius 3 is 3.06 bits per heavy atom. The Bertz CT molecular complexity index is 289. The average Bonchev–Trinajstić information content (AvgIpc) is 2.76. The highest BCUT2D eigenvalue weighted by Crippen LogP contribution is 2.04. The van der Waals surface area contributed by atoms with E-state index in [9.17, 15) is 0 Å². The molecule has 0 aliphatic rings. The minimum absolute atomic E-state index is 0.310. The fraction of sp³-hybridized carbons (Fsp3) is 0.692. The van der Waals surface area contributed by atoms with E-state index in [0.29, 0.717) is 6.61 Å². The molecule has 3 nitrogen and oxygen atoms in total. The summed E-state index contributed by atoms with van der Waals surface area (Å²) >= 11 is 1.90. The van der Waals surface area contributed by atoms with Crippen LogP contribution in [-0.4, -0.2) is 34.3 Å². The maximum Gasteiger partial charge on any atom is 0.0438 e. The first-order valence-corrected chi connectivity index (χ1v) is 7.57. The number of hydrogen-bond donors (Lipinski definition) is 2. The maximum atomic E-state index is 8.64. The average molecular weight is 256 g/mol. The van der Waals surface area contributed by atoms with Gasteiger partial charge in [-0.05, 0) is 30.7 Å². The zero-order chi connectivity index (χ0) is 12.3. The van der Waals surface area contributed by atoms with Crippen LogP contribution < -0.4 is 5.32 Å². The van der Waals surface area contributed by atoms with Gasteiger partial charge in [0.25, 0.3) is 0 Å². The lowest BCUT2D eigenvalue weighted by molar-refractivity contribution is 0.296. The van der Waals surface area contributed by atoms with Gasteiger partial charge in [0.15, 0.2) is 0 Å². The molecule has 0 fully saturated rings. The quantitative estimate of drug-likeness (QED) is 0.630. The predicted octanol–water partition coefficient (Wildman–Crippen LogP) is 2.10. The summed E-state index contributed by atoms with van der Waals surface area (Å²) in [6.45, 7) is 5.61. The van der Waals surface area contributed by atoms with Gasteiger partial charge >= 0.3 is 0 Å². The molecule has 0 aliphatic heterocycles. The molecule has 4 heteroatoms. The van der Waals surface area contributed by atoms with Crippen LogP contribution in [0.15, 0.2) is 18.3 Å². The van der Waals surface area contributed by atoms with Crippen LogP contribution in [0, 0.1) is 0 Å². The molecule has 2 N–H and O–H groups in total. The van der Waals surface area contributed by atoms with Crippen LogP contribution >= 0.6 is 11.8 Å². The Morgan fingerprint density at radius 2 is 2.29 bits per heavy atom. The molecule has 0 aliphatic carbocycles. The van der Waals surface area contributed by atoms with Crippen molar-refractivity contribution < 1.29 is 5.11 Å². The van der Waals surface area contributed by atoms with Crippen molar-refractivity contribution in [2.75, 3.05) is 24.7 Å². The van der Waals surface area contributed by atoms with Crippen LogP contribution in [0.25, 0.3) is 0 Å². The first-order valence-electron chi connectivity index (χ1n) is 6.41. The first kappa shape index (κ1) is 14.6. The number of rotatable bonds is 10. The molecule has 1 aromatic heterocycles.